The third-order valence-corrected chi connectivity index (χ3v) is 7.10. The number of nitrogens with zero attached hydrogens (tertiary/aromatic N) is 3. The van der Waals surface area contributed by atoms with E-state index in [0.29, 0.717) is 12.2 Å². The molecule has 1 atom stereocenters. The Balaban J connectivity index is 2.46. The summed E-state index contributed by atoms with van der Waals surface area (Å²) in [5.74, 6) is -0.849. The van der Waals surface area contributed by atoms with E-state index in [1.165, 1.54) is 38.2 Å². The van der Waals surface area contributed by atoms with Crippen molar-refractivity contribution in [2.24, 2.45) is 0 Å². The maximum absolute atomic E-state index is 13.5. The van der Waals surface area contributed by atoms with Crippen molar-refractivity contribution < 1.29 is 27.1 Å². The molecular weight excluding hydrogens is 463 g/mol. The van der Waals surface area contributed by atoms with E-state index in [1.807, 2.05) is 0 Å². The van der Waals surface area contributed by atoms with Crippen molar-refractivity contribution in [3.63, 3.8) is 0 Å². The van der Waals surface area contributed by atoms with E-state index >= 15 is 0 Å². The number of hydrogen-bond donors (Lipinski definition) is 1. The van der Waals surface area contributed by atoms with E-state index in [0.717, 1.165) is 26.3 Å². The number of hydrogen-bond acceptors (Lipinski definition) is 5. The van der Waals surface area contributed by atoms with Crippen LogP contribution in [-0.2, 0) is 26.3 Å². The average molecular weight is 495 g/mol. The van der Waals surface area contributed by atoms with Gasteiger partial charge in [-0.25, -0.2) is 8.70 Å². The Morgan fingerprint density at radius 2 is 1.65 bits per heavy atom. The molecule has 0 unspecified atom stereocenters. The summed E-state index contributed by atoms with van der Waals surface area (Å²) in [4.78, 5) is 27.5. The van der Waals surface area contributed by atoms with Crippen LogP contribution in [-0.4, -0.2) is 70.3 Å². The van der Waals surface area contributed by atoms with Gasteiger partial charge >= 0.3 is 10.2 Å². The quantitative estimate of drug-likeness (QED) is 0.515. The smallest absolute Gasteiger partial charge is 0.304 e. The number of ether oxygens (including phenoxy) is 1. The molecule has 9 nitrogen and oxygen atoms in total. The first-order valence-electron chi connectivity index (χ1n) is 10.6. The highest BCUT2D eigenvalue weighted by molar-refractivity contribution is 7.90. The van der Waals surface area contributed by atoms with Gasteiger partial charge in [-0.15, -0.1) is 0 Å². The van der Waals surface area contributed by atoms with Gasteiger partial charge in [0.1, 0.15) is 24.2 Å². The summed E-state index contributed by atoms with van der Waals surface area (Å²) in [6.45, 7) is 1.27. The molecule has 186 valence electrons. The normalized spacial score (nSPS) is 12.2. The molecule has 0 aliphatic carbocycles. The minimum atomic E-state index is -4.09. The summed E-state index contributed by atoms with van der Waals surface area (Å²) in [6, 6.07) is 11.0. The molecule has 0 fully saturated rings. The van der Waals surface area contributed by atoms with E-state index in [4.69, 9.17) is 4.74 Å². The van der Waals surface area contributed by atoms with Gasteiger partial charge in [0, 0.05) is 27.7 Å². The minimum absolute atomic E-state index is 0.0774. The van der Waals surface area contributed by atoms with Gasteiger partial charge in [0.2, 0.25) is 11.8 Å². The lowest BCUT2D eigenvalue weighted by atomic mass is 10.1. The third kappa shape index (κ3) is 6.45. The zero-order chi connectivity index (χ0) is 25.5. The van der Waals surface area contributed by atoms with Crippen LogP contribution in [0.4, 0.5) is 10.1 Å². The molecule has 0 aliphatic heterocycles. The second kappa shape index (κ2) is 11.8. The number of anilines is 1. The fraction of sp³-hybridized carbons (Fsp3) is 0.391. The summed E-state index contributed by atoms with van der Waals surface area (Å²) < 4.78 is 46.5. The number of nitrogens with one attached hydrogen (secondary N) is 1. The van der Waals surface area contributed by atoms with Gasteiger partial charge in [0.25, 0.3) is 0 Å². The largest absolute Gasteiger partial charge is 0.497 e. The van der Waals surface area contributed by atoms with Crippen LogP contribution in [0.15, 0.2) is 48.5 Å². The highest BCUT2D eigenvalue weighted by Gasteiger charge is 2.33. The Labute approximate surface area is 200 Å². The zero-order valence-electron chi connectivity index (χ0n) is 20.0. The van der Waals surface area contributed by atoms with Crippen LogP contribution in [0.25, 0.3) is 0 Å². The first-order valence-corrected chi connectivity index (χ1v) is 12.0. The van der Waals surface area contributed by atoms with Crippen molar-refractivity contribution in [1.82, 2.24) is 14.5 Å². The van der Waals surface area contributed by atoms with Crippen LogP contribution in [0.3, 0.4) is 0 Å². The first kappa shape index (κ1) is 27.1. The molecule has 0 saturated heterocycles. The van der Waals surface area contributed by atoms with E-state index in [9.17, 15) is 22.4 Å². The van der Waals surface area contributed by atoms with Gasteiger partial charge in [0.15, 0.2) is 0 Å². The van der Waals surface area contributed by atoms with Crippen LogP contribution < -0.4 is 14.4 Å². The van der Waals surface area contributed by atoms with Crippen molar-refractivity contribution in [3.8, 4) is 5.75 Å². The Bertz CT molecular complexity index is 1080. The Hall–Kier alpha value is -3.18. The monoisotopic (exact) mass is 494 g/mol. The second-order valence-electron chi connectivity index (χ2n) is 7.68. The Morgan fingerprint density at radius 3 is 2.12 bits per heavy atom. The molecule has 2 rings (SSSR count). The summed E-state index contributed by atoms with van der Waals surface area (Å²) >= 11 is 0. The molecule has 0 radical (unpaired) electrons. The van der Waals surface area contributed by atoms with Crippen LogP contribution in [0, 0.1) is 5.82 Å². The minimum Gasteiger partial charge on any atom is -0.497 e. The number of amides is 2. The highest BCUT2D eigenvalue weighted by atomic mass is 32.2. The van der Waals surface area contributed by atoms with Crippen molar-refractivity contribution >= 4 is 27.7 Å². The maximum Gasteiger partial charge on any atom is 0.304 e. The van der Waals surface area contributed by atoms with Crippen molar-refractivity contribution in [1.29, 1.82) is 0 Å². The SMILES string of the molecule is CC[C@H](C(=O)NC)N(Cc1ccc(OC)cc1)C(=O)CN(c1ccc(F)cc1)S(=O)(=O)N(C)C. The Morgan fingerprint density at radius 1 is 1.06 bits per heavy atom. The van der Waals surface area contributed by atoms with E-state index in [2.05, 4.69) is 5.32 Å². The lowest BCUT2D eigenvalue weighted by molar-refractivity contribution is -0.140. The summed E-state index contributed by atoms with van der Waals surface area (Å²) in [6.07, 6.45) is 0.318. The molecule has 0 aromatic heterocycles. The second-order valence-corrected chi connectivity index (χ2v) is 9.75. The number of carbonyl (C=O) groups excluding carboxylic acids is 2. The number of likely N-dealkylation sites (N-methyl/N-ethyl adjacent to an activating group) is 1. The molecule has 1 N–H and O–H groups in total. The standard InChI is InChI=1S/C23H31FN4O5S/c1-6-21(23(30)25-2)27(15-17-7-13-20(33-5)14-8-17)22(29)16-28(34(31,32)26(3)4)19-11-9-18(24)10-12-19/h7-14,21H,6,15-16H2,1-5H3,(H,25,30)/t21-/m1/s1. The molecule has 2 aromatic carbocycles. The van der Waals surface area contributed by atoms with Gasteiger partial charge in [0.05, 0.1) is 12.8 Å². The number of rotatable bonds is 11. The molecular formula is C23H31FN4O5S. The van der Waals surface area contributed by atoms with E-state index in [-0.39, 0.29) is 18.1 Å². The summed E-state index contributed by atoms with van der Waals surface area (Å²) in [7, 11) is 1.60. The van der Waals surface area contributed by atoms with E-state index < -0.39 is 34.5 Å². The fourth-order valence-corrected chi connectivity index (χ4v) is 4.39. The van der Waals surface area contributed by atoms with Crippen molar-refractivity contribution in [2.75, 3.05) is 39.1 Å². The average Bonchev–Trinajstić information content (AvgIpc) is 2.82. The highest BCUT2D eigenvalue weighted by Crippen LogP contribution is 2.22. The molecule has 0 heterocycles. The molecule has 2 amide bonds. The molecule has 11 heteroatoms. The molecule has 0 bridgehead atoms. The molecule has 0 aliphatic rings. The number of methoxy groups -OCH3 is 1. The Kier molecular flexibility index (Phi) is 9.39. The molecule has 0 saturated carbocycles. The topological polar surface area (TPSA) is 99.3 Å². The van der Waals surface area contributed by atoms with Gasteiger partial charge < -0.3 is 15.0 Å². The lowest BCUT2D eigenvalue weighted by Gasteiger charge is -2.33. The summed E-state index contributed by atoms with van der Waals surface area (Å²) in [5, 5.41) is 2.56. The van der Waals surface area contributed by atoms with Crippen molar-refractivity contribution in [3.05, 3.63) is 59.9 Å². The fourth-order valence-electron chi connectivity index (χ4n) is 3.34. The van der Waals surface area contributed by atoms with Gasteiger partial charge in [-0.05, 0) is 48.4 Å². The molecule has 2 aromatic rings. The number of carbonyl (C=O) groups is 2. The number of halogens is 1. The van der Waals surface area contributed by atoms with Gasteiger partial charge in [-0.2, -0.15) is 12.7 Å². The zero-order valence-corrected chi connectivity index (χ0v) is 20.8. The summed E-state index contributed by atoms with van der Waals surface area (Å²) in [5.41, 5.74) is 0.862. The predicted molar refractivity (Wildman–Crippen MR) is 128 cm³/mol. The van der Waals surface area contributed by atoms with Gasteiger partial charge in [-0.3, -0.25) is 9.59 Å². The third-order valence-electron chi connectivity index (χ3n) is 5.28. The van der Waals surface area contributed by atoms with Crippen LogP contribution in [0.5, 0.6) is 5.75 Å². The maximum atomic E-state index is 13.5. The molecule has 34 heavy (non-hydrogen) atoms. The van der Waals surface area contributed by atoms with Gasteiger partial charge in [-0.1, -0.05) is 19.1 Å². The van der Waals surface area contributed by atoms with Crippen molar-refractivity contribution in [2.45, 2.75) is 25.9 Å². The lowest BCUT2D eigenvalue weighted by Crippen LogP contribution is -2.52. The van der Waals surface area contributed by atoms with Crippen LogP contribution in [0.2, 0.25) is 0 Å². The number of benzene rings is 2. The van der Waals surface area contributed by atoms with Crippen LogP contribution >= 0.6 is 0 Å². The van der Waals surface area contributed by atoms with Crippen LogP contribution in [0.1, 0.15) is 18.9 Å². The predicted octanol–water partition coefficient (Wildman–Crippen LogP) is 2.00. The van der Waals surface area contributed by atoms with E-state index in [1.54, 1.807) is 38.3 Å². The molecule has 0 spiro atoms. The first-order chi connectivity index (χ1) is 16.0.